The molecule has 0 N–H and O–H groups in total. The molecule has 1 aromatic rings. The Balaban J connectivity index is 3.15. The van der Waals surface area contributed by atoms with Crippen molar-refractivity contribution in [2.45, 2.75) is 6.92 Å². The number of nitrogens with zero attached hydrogens (tertiary/aromatic N) is 1. The largest absolute Gasteiger partial charge is 0.468 e. The fourth-order valence-electron chi connectivity index (χ4n) is 0.501. The van der Waals surface area contributed by atoms with Crippen LogP contribution < -0.4 is 0 Å². The highest BCUT2D eigenvalue weighted by Gasteiger charge is 1.95. The second-order valence-electron chi connectivity index (χ2n) is 1.50. The second kappa shape index (κ2) is 1.71. The molecule has 0 aromatic carbocycles. The average Bonchev–Trinajstić information content (AvgIpc) is 2.14. The van der Waals surface area contributed by atoms with Gasteiger partial charge in [0.15, 0.2) is 0 Å². The van der Waals surface area contributed by atoms with Crippen LogP contribution in [0.15, 0.2) is 16.7 Å². The van der Waals surface area contributed by atoms with Gasteiger partial charge in [-0.05, 0) is 13.0 Å². The molecule has 1 rings (SSSR count). The van der Waals surface area contributed by atoms with Gasteiger partial charge in [-0.2, -0.15) is 5.26 Å². The lowest BCUT2D eigenvalue weighted by atomic mass is 10.3. The van der Waals surface area contributed by atoms with Crippen molar-refractivity contribution in [2.24, 2.45) is 0 Å². The van der Waals surface area contributed by atoms with Crippen LogP contribution in [0.25, 0.3) is 0 Å². The molecule has 0 radical (unpaired) electrons. The Hall–Kier alpha value is -1.23. The molecular weight excluding hydrogens is 102 g/mol. The predicted molar refractivity (Wildman–Crippen MR) is 28.2 cm³/mol. The van der Waals surface area contributed by atoms with Gasteiger partial charge in [0.25, 0.3) is 0 Å². The minimum atomic E-state index is 0.616. The standard InChI is InChI=1S/C6H5NO/c1-5-6(4-7)2-3-8-5/h2-3H,1H3. The molecule has 0 spiro atoms. The summed E-state index contributed by atoms with van der Waals surface area (Å²) in [6.45, 7) is 1.76. The van der Waals surface area contributed by atoms with Crippen LogP contribution in [-0.2, 0) is 0 Å². The third-order valence-corrected chi connectivity index (χ3v) is 0.979. The van der Waals surface area contributed by atoms with Gasteiger partial charge in [-0.1, -0.05) is 0 Å². The molecule has 1 aromatic heterocycles. The van der Waals surface area contributed by atoms with Crippen molar-refractivity contribution in [3.8, 4) is 6.07 Å². The maximum Gasteiger partial charge on any atom is 0.118 e. The summed E-state index contributed by atoms with van der Waals surface area (Å²) < 4.78 is 4.83. The van der Waals surface area contributed by atoms with Gasteiger partial charge in [-0.15, -0.1) is 0 Å². The van der Waals surface area contributed by atoms with E-state index in [0.29, 0.717) is 11.3 Å². The van der Waals surface area contributed by atoms with Gasteiger partial charge in [0.05, 0.1) is 11.8 Å². The number of aryl methyl sites for hydroxylation is 1. The summed E-state index contributed by atoms with van der Waals surface area (Å²) in [6, 6.07) is 3.63. The molecule has 0 saturated carbocycles. The molecular formula is C6H5NO. The summed E-state index contributed by atoms with van der Waals surface area (Å²) in [5.41, 5.74) is 0.616. The minimum absolute atomic E-state index is 0.616. The highest BCUT2D eigenvalue weighted by atomic mass is 16.3. The van der Waals surface area contributed by atoms with Crippen LogP contribution in [0.2, 0.25) is 0 Å². The molecule has 8 heavy (non-hydrogen) atoms. The fourth-order valence-corrected chi connectivity index (χ4v) is 0.501. The van der Waals surface area contributed by atoms with Gasteiger partial charge >= 0.3 is 0 Å². The van der Waals surface area contributed by atoms with Crippen molar-refractivity contribution in [2.75, 3.05) is 0 Å². The van der Waals surface area contributed by atoms with E-state index in [-0.39, 0.29) is 0 Å². The van der Waals surface area contributed by atoms with E-state index in [2.05, 4.69) is 0 Å². The lowest BCUT2D eigenvalue weighted by Gasteiger charge is -1.76. The molecule has 0 aliphatic rings. The Morgan fingerprint density at radius 1 is 1.75 bits per heavy atom. The summed E-state index contributed by atoms with van der Waals surface area (Å²) in [5.74, 6) is 0.688. The smallest absolute Gasteiger partial charge is 0.118 e. The van der Waals surface area contributed by atoms with E-state index in [0.717, 1.165) is 0 Å². The zero-order valence-corrected chi connectivity index (χ0v) is 4.51. The first kappa shape index (κ1) is 4.92. The Kier molecular flexibility index (Phi) is 1.05. The van der Waals surface area contributed by atoms with E-state index in [1.165, 1.54) is 6.26 Å². The molecule has 2 nitrogen and oxygen atoms in total. The monoisotopic (exact) mass is 107 g/mol. The molecule has 40 valence electrons. The molecule has 1 heterocycles. The van der Waals surface area contributed by atoms with E-state index in [1.54, 1.807) is 13.0 Å². The first-order chi connectivity index (χ1) is 3.84. The minimum Gasteiger partial charge on any atom is -0.468 e. The molecule has 2 heteroatoms. The molecule has 0 aliphatic carbocycles. The molecule has 0 bridgehead atoms. The van der Waals surface area contributed by atoms with Gasteiger partial charge in [-0.25, -0.2) is 0 Å². The Morgan fingerprint density at radius 3 is 2.75 bits per heavy atom. The average molecular weight is 107 g/mol. The van der Waals surface area contributed by atoms with Crippen LogP contribution in [0.3, 0.4) is 0 Å². The summed E-state index contributed by atoms with van der Waals surface area (Å²) >= 11 is 0. The normalized spacial score (nSPS) is 8.50. The highest BCUT2D eigenvalue weighted by Crippen LogP contribution is 2.04. The van der Waals surface area contributed by atoms with E-state index < -0.39 is 0 Å². The van der Waals surface area contributed by atoms with Crippen LogP contribution in [-0.4, -0.2) is 0 Å². The van der Waals surface area contributed by atoms with E-state index in [1.807, 2.05) is 6.07 Å². The SMILES string of the molecule is Cc1occc1C#N. The third-order valence-electron chi connectivity index (χ3n) is 0.979. The van der Waals surface area contributed by atoms with Crippen LogP contribution in [0.5, 0.6) is 0 Å². The summed E-state index contributed by atoms with van der Waals surface area (Å²) in [6.07, 6.45) is 1.51. The van der Waals surface area contributed by atoms with E-state index >= 15 is 0 Å². The van der Waals surface area contributed by atoms with Gasteiger partial charge < -0.3 is 4.42 Å². The Bertz CT molecular complexity index is 219. The lowest BCUT2D eigenvalue weighted by Crippen LogP contribution is -1.67. The number of nitriles is 1. The zero-order valence-electron chi connectivity index (χ0n) is 4.51. The maximum absolute atomic E-state index is 8.30. The van der Waals surface area contributed by atoms with E-state index in [9.17, 15) is 0 Å². The van der Waals surface area contributed by atoms with Crippen molar-refractivity contribution in [1.29, 1.82) is 5.26 Å². The third kappa shape index (κ3) is 0.584. The molecule has 0 aliphatic heterocycles. The van der Waals surface area contributed by atoms with Crippen LogP contribution in [0, 0.1) is 18.3 Å². The molecule has 0 amide bonds. The van der Waals surface area contributed by atoms with Gasteiger partial charge in [0, 0.05) is 0 Å². The quantitative estimate of drug-likeness (QED) is 0.503. The number of rotatable bonds is 0. The van der Waals surface area contributed by atoms with Crippen molar-refractivity contribution in [1.82, 2.24) is 0 Å². The maximum atomic E-state index is 8.30. The molecule has 0 atom stereocenters. The van der Waals surface area contributed by atoms with Crippen molar-refractivity contribution in [3.63, 3.8) is 0 Å². The Labute approximate surface area is 47.3 Å². The summed E-state index contributed by atoms with van der Waals surface area (Å²) in [4.78, 5) is 0. The zero-order chi connectivity index (χ0) is 5.98. The second-order valence-corrected chi connectivity index (χ2v) is 1.50. The number of hydrogen-bond donors (Lipinski definition) is 0. The first-order valence-corrected chi connectivity index (χ1v) is 2.29. The lowest BCUT2D eigenvalue weighted by molar-refractivity contribution is 0.533. The van der Waals surface area contributed by atoms with Crippen molar-refractivity contribution in [3.05, 3.63) is 23.7 Å². The van der Waals surface area contributed by atoms with Crippen LogP contribution >= 0.6 is 0 Å². The molecule has 0 saturated heterocycles. The van der Waals surface area contributed by atoms with E-state index in [4.69, 9.17) is 9.68 Å². The summed E-state index contributed by atoms with van der Waals surface area (Å²) in [7, 11) is 0. The number of hydrogen-bond acceptors (Lipinski definition) is 2. The van der Waals surface area contributed by atoms with Gasteiger partial charge in [-0.3, -0.25) is 0 Å². The molecule has 0 fully saturated rings. The Morgan fingerprint density at radius 2 is 2.50 bits per heavy atom. The fraction of sp³-hybridized carbons (Fsp3) is 0.167. The molecule has 0 unspecified atom stereocenters. The highest BCUT2D eigenvalue weighted by molar-refractivity contribution is 5.29. The van der Waals surface area contributed by atoms with Gasteiger partial charge in [0.1, 0.15) is 11.8 Å². The van der Waals surface area contributed by atoms with Crippen molar-refractivity contribution >= 4 is 0 Å². The summed E-state index contributed by atoms with van der Waals surface area (Å²) in [5, 5.41) is 8.30. The van der Waals surface area contributed by atoms with Crippen LogP contribution in [0.1, 0.15) is 11.3 Å². The predicted octanol–water partition coefficient (Wildman–Crippen LogP) is 1.46. The van der Waals surface area contributed by atoms with Gasteiger partial charge in [0.2, 0.25) is 0 Å². The topological polar surface area (TPSA) is 36.9 Å². The van der Waals surface area contributed by atoms with Crippen LogP contribution in [0.4, 0.5) is 0 Å². The number of furan rings is 1. The first-order valence-electron chi connectivity index (χ1n) is 2.29. The van der Waals surface area contributed by atoms with Crippen molar-refractivity contribution < 1.29 is 4.42 Å².